The van der Waals surface area contributed by atoms with E-state index in [4.69, 9.17) is 14.2 Å². The second-order valence-corrected chi connectivity index (χ2v) is 6.73. The highest BCUT2D eigenvalue weighted by Gasteiger charge is 2.14. The molecule has 2 aromatic carbocycles. The Morgan fingerprint density at radius 1 is 1.09 bits per heavy atom. The number of carbonyl (C=O) groups is 2. The summed E-state index contributed by atoms with van der Waals surface area (Å²) in [5, 5.41) is 12.0. The van der Waals surface area contributed by atoms with Crippen LogP contribution in [-0.2, 0) is 9.53 Å². The number of methoxy groups -OCH3 is 2. The lowest BCUT2D eigenvalue weighted by atomic mass is 10.1. The Hall–Kier alpha value is -4.58. The van der Waals surface area contributed by atoms with Crippen molar-refractivity contribution >= 4 is 17.6 Å². The average Bonchev–Trinajstić information content (AvgIpc) is 2.84. The number of nitriles is 1. The van der Waals surface area contributed by atoms with E-state index in [0.717, 1.165) is 5.56 Å². The number of amides is 1. The largest absolute Gasteiger partial charge is 0.493 e. The fraction of sp³-hybridized carbons (Fsp3) is 0.167. The van der Waals surface area contributed by atoms with Crippen LogP contribution in [0.5, 0.6) is 23.1 Å². The number of anilines is 1. The normalized spacial score (nSPS) is 10.0. The minimum atomic E-state index is -0.558. The quantitative estimate of drug-likeness (QED) is 0.517. The van der Waals surface area contributed by atoms with Crippen LogP contribution in [0.4, 0.5) is 5.69 Å². The first-order valence-electron chi connectivity index (χ1n) is 9.77. The predicted molar refractivity (Wildman–Crippen MR) is 119 cm³/mol. The number of ether oxygens (including phenoxy) is 4. The summed E-state index contributed by atoms with van der Waals surface area (Å²) in [4.78, 5) is 28.2. The standard InChI is InChI=1S/C24H21N3O6/c1-15-11-18(33-24-17(13-25)5-4-10-26-24)7-8-19(15)27-23(29)16-6-9-20(30-2)21(12-16)32-14-22(28)31-3/h4-12H,14H2,1-3H3,(H,27,29). The van der Waals surface area contributed by atoms with Gasteiger partial charge in [-0.15, -0.1) is 0 Å². The number of pyridine rings is 1. The zero-order chi connectivity index (χ0) is 23.8. The van der Waals surface area contributed by atoms with Gasteiger partial charge in [0, 0.05) is 17.4 Å². The maximum absolute atomic E-state index is 12.8. The van der Waals surface area contributed by atoms with Crippen molar-refractivity contribution in [2.45, 2.75) is 6.92 Å². The third-order valence-electron chi connectivity index (χ3n) is 4.55. The molecule has 0 fully saturated rings. The smallest absolute Gasteiger partial charge is 0.343 e. The average molecular weight is 447 g/mol. The highest BCUT2D eigenvalue weighted by atomic mass is 16.6. The monoisotopic (exact) mass is 447 g/mol. The molecule has 0 aliphatic rings. The summed E-state index contributed by atoms with van der Waals surface area (Å²) in [5.74, 6) is 0.350. The summed E-state index contributed by atoms with van der Waals surface area (Å²) < 4.78 is 20.9. The Morgan fingerprint density at radius 2 is 1.91 bits per heavy atom. The van der Waals surface area contributed by atoms with Crippen LogP contribution in [0, 0.1) is 18.3 Å². The molecule has 0 saturated heterocycles. The number of nitrogens with one attached hydrogen (secondary N) is 1. The molecule has 3 rings (SSSR count). The topological polar surface area (TPSA) is 120 Å². The van der Waals surface area contributed by atoms with Crippen molar-refractivity contribution in [2.75, 3.05) is 26.1 Å². The summed E-state index contributed by atoms with van der Waals surface area (Å²) in [5.41, 5.74) is 1.94. The zero-order valence-corrected chi connectivity index (χ0v) is 18.2. The van der Waals surface area contributed by atoms with Crippen LogP contribution in [-0.4, -0.2) is 37.7 Å². The fourth-order valence-electron chi connectivity index (χ4n) is 2.83. The predicted octanol–water partition coefficient (Wildman–Crippen LogP) is 3.87. The number of esters is 1. The van der Waals surface area contributed by atoms with E-state index < -0.39 is 5.97 Å². The van der Waals surface area contributed by atoms with Crippen molar-refractivity contribution in [3.8, 4) is 29.2 Å². The molecule has 0 bridgehead atoms. The number of benzene rings is 2. The summed E-state index contributed by atoms with van der Waals surface area (Å²) in [7, 11) is 2.71. The third-order valence-corrected chi connectivity index (χ3v) is 4.55. The Labute approximate surface area is 190 Å². The molecule has 0 atom stereocenters. The Bertz CT molecular complexity index is 1220. The molecule has 1 heterocycles. The van der Waals surface area contributed by atoms with Crippen molar-refractivity contribution in [1.29, 1.82) is 5.26 Å². The second-order valence-electron chi connectivity index (χ2n) is 6.73. The molecule has 9 nitrogen and oxygen atoms in total. The van der Waals surface area contributed by atoms with Crippen LogP contribution in [0.25, 0.3) is 0 Å². The Balaban J connectivity index is 1.75. The molecular weight excluding hydrogens is 426 g/mol. The number of aryl methyl sites for hydroxylation is 1. The van der Waals surface area contributed by atoms with E-state index in [9.17, 15) is 14.9 Å². The van der Waals surface area contributed by atoms with Crippen molar-refractivity contribution in [3.05, 3.63) is 71.4 Å². The van der Waals surface area contributed by atoms with Crippen molar-refractivity contribution in [1.82, 2.24) is 4.98 Å². The lowest BCUT2D eigenvalue weighted by Crippen LogP contribution is -2.15. The Kier molecular flexibility index (Phi) is 7.44. The maximum Gasteiger partial charge on any atom is 0.343 e. The van der Waals surface area contributed by atoms with Gasteiger partial charge in [-0.3, -0.25) is 4.79 Å². The molecule has 0 aliphatic heterocycles. The number of hydrogen-bond donors (Lipinski definition) is 1. The molecule has 0 aliphatic carbocycles. The van der Waals surface area contributed by atoms with Gasteiger partial charge in [0.15, 0.2) is 18.1 Å². The lowest BCUT2D eigenvalue weighted by Gasteiger charge is -2.13. The molecule has 1 aromatic heterocycles. The third kappa shape index (κ3) is 5.77. The van der Waals surface area contributed by atoms with E-state index >= 15 is 0 Å². The van der Waals surface area contributed by atoms with Gasteiger partial charge in [0.05, 0.1) is 14.2 Å². The van der Waals surface area contributed by atoms with Gasteiger partial charge in [-0.2, -0.15) is 5.26 Å². The van der Waals surface area contributed by atoms with Gasteiger partial charge >= 0.3 is 5.97 Å². The highest BCUT2D eigenvalue weighted by molar-refractivity contribution is 6.05. The first-order chi connectivity index (χ1) is 15.9. The molecule has 0 unspecified atom stereocenters. The van der Waals surface area contributed by atoms with Crippen molar-refractivity contribution < 1.29 is 28.5 Å². The van der Waals surface area contributed by atoms with E-state index in [1.807, 2.05) is 13.0 Å². The van der Waals surface area contributed by atoms with E-state index in [0.29, 0.717) is 28.3 Å². The molecule has 33 heavy (non-hydrogen) atoms. The molecule has 1 N–H and O–H groups in total. The first kappa shape index (κ1) is 23.1. The maximum atomic E-state index is 12.8. The fourth-order valence-corrected chi connectivity index (χ4v) is 2.83. The van der Waals surface area contributed by atoms with Gasteiger partial charge in [0.1, 0.15) is 17.4 Å². The lowest BCUT2D eigenvalue weighted by molar-refractivity contribution is -0.142. The van der Waals surface area contributed by atoms with E-state index in [-0.39, 0.29) is 24.1 Å². The van der Waals surface area contributed by atoms with Crippen LogP contribution in [0.3, 0.4) is 0 Å². The minimum Gasteiger partial charge on any atom is -0.493 e. The van der Waals surface area contributed by atoms with Crippen LogP contribution in [0.2, 0.25) is 0 Å². The molecule has 9 heteroatoms. The number of carbonyl (C=O) groups excluding carboxylic acids is 2. The van der Waals surface area contributed by atoms with Crippen molar-refractivity contribution in [3.63, 3.8) is 0 Å². The van der Waals surface area contributed by atoms with Gasteiger partial charge in [-0.1, -0.05) is 0 Å². The SMILES string of the molecule is COC(=O)COc1cc(C(=O)Nc2ccc(Oc3ncccc3C#N)cc2C)ccc1OC. The summed E-state index contributed by atoms with van der Waals surface area (Å²) >= 11 is 0. The first-order valence-corrected chi connectivity index (χ1v) is 9.77. The van der Waals surface area contributed by atoms with E-state index in [1.165, 1.54) is 26.5 Å². The minimum absolute atomic E-state index is 0.203. The second kappa shape index (κ2) is 10.6. The van der Waals surface area contributed by atoms with E-state index in [1.54, 1.807) is 42.5 Å². The summed E-state index contributed by atoms with van der Waals surface area (Å²) in [6.45, 7) is 1.49. The number of hydrogen-bond acceptors (Lipinski definition) is 8. The number of nitrogens with zero attached hydrogens (tertiary/aromatic N) is 2. The van der Waals surface area contributed by atoms with Crippen molar-refractivity contribution in [2.24, 2.45) is 0 Å². The van der Waals surface area contributed by atoms with Crippen LogP contribution < -0.4 is 19.5 Å². The molecule has 3 aromatic rings. The number of rotatable bonds is 8. The Morgan fingerprint density at radius 3 is 2.61 bits per heavy atom. The van der Waals surface area contributed by atoms with Gasteiger partial charge in [-0.25, -0.2) is 9.78 Å². The summed E-state index contributed by atoms with van der Waals surface area (Å²) in [6, 6.07) is 15.0. The van der Waals surface area contributed by atoms with E-state index in [2.05, 4.69) is 15.0 Å². The molecule has 0 radical (unpaired) electrons. The van der Waals surface area contributed by atoms with Crippen LogP contribution in [0.1, 0.15) is 21.5 Å². The van der Waals surface area contributed by atoms with Gasteiger partial charge < -0.3 is 24.3 Å². The van der Waals surface area contributed by atoms with Gasteiger partial charge in [0.2, 0.25) is 5.88 Å². The molecule has 0 saturated carbocycles. The zero-order valence-electron chi connectivity index (χ0n) is 18.2. The number of aromatic nitrogens is 1. The molecule has 1 amide bonds. The molecule has 168 valence electrons. The van der Waals surface area contributed by atoms with Gasteiger partial charge in [0.25, 0.3) is 5.91 Å². The van der Waals surface area contributed by atoms with Crippen LogP contribution in [0.15, 0.2) is 54.7 Å². The molecule has 0 spiro atoms. The molecular formula is C24H21N3O6. The van der Waals surface area contributed by atoms with Crippen LogP contribution >= 0.6 is 0 Å². The van der Waals surface area contributed by atoms with Gasteiger partial charge in [-0.05, 0) is 61.0 Å². The summed E-state index contributed by atoms with van der Waals surface area (Å²) in [6.07, 6.45) is 1.54. The highest BCUT2D eigenvalue weighted by Crippen LogP contribution is 2.30.